The molecule has 3 aromatic heterocycles. The molecule has 1 saturated carbocycles. The van der Waals surface area contributed by atoms with Crippen molar-refractivity contribution in [3.8, 4) is 11.3 Å². The van der Waals surface area contributed by atoms with Crippen molar-refractivity contribution in [2.75, 3.05) is 23.3 Å². The summed E-state index contributed by atoms with van der Waals surface area (Å²) in [6.07, 6.45) is 7.02. The maximum atomic E-state index is 12.8. The average molecular weight is 531 g/mol. The molecule has 10 nitrogen and oxygen atoms in total. The topological polar surface area (TPSA) is 135 Å². The molecule has 0 aromatic carbocycles. The Balaban J connectivity index is 1.22. The number of hydrogen-bond donors (Lipinski definition) is 3. The van der Waals surface area contributed by atoms with Crippen LogP contribution in [0.2, 0.25) is 0 Å². The molecule has 202 valence electrons. The Morgan fingerprint density at radius 2 is 1.79 bits per heavy atom. The van der Waals surface area contributed by atoms with Crippen molar-refractivity contribution in [1.29, 1.82) is 0 Å². The molecule has 2 aliphatic rings. The first-order valence-electron chi connectivity index (χ1n) is 12.6. The molecule has 0 unspecified atom stereocenters. The van der Waals surface area contributed by atoms with E-state index in [1.165, 1.54) is 18.6 Å². The van der Waals surface area contributed by atoms with Crippen molar-refractivity contribution in [3.05, 3.63) is 48.4 Å². The summed E-state index contributed by atoms with van der Waals surface area (Å²) < 4.78 is 44.4. The lowest BCUT2D eigenvalue weighted by Crippen LogP contribution is -2.55. The smallest absolute Gasteiger partial charge is 0.424 e. The van der Waals surface area contributed by atoms with Gasteiger partial charge in [-0.3, -0.25) is 9.78 Å². The van der Waals surface area contributed by atoms with Crippen LogP contribution in [0.15, 0.2) is 41.3 Å². The highest BCUT2D eigenvalue weighted by Gasteiger charge is 2.35. The zero-order valence-electron chi connectivity index (χ0n) is 20.6. The Bertz CT molecular complexity index is 1250. The van der Waals surface area contributed by atoms with Crippen LogP contribution in [0.1, 0.15) is 54.8 Å². The number of alkyl halides is 3. The van der Waals surface area contributed by atoms with Gasteiger partial charge < -0.3 is 25.7 Å². The lowest BCUT2D eigenvalue weighted by atomic mass is 9.89. The Hall–Kier alpha value is -3.74. The second-order valence-corrected chi connectivity index (χ2v) is 9.68. The monoisotopic (exact) mass is 530 g/mol. The van der Waals surface area contributed by atoms with Crippen molar-refractivity contribution < 1.29 is 22.4 Å². The summed E-state index contributed by atoms with van der Waals surface area (Å²) >= 11 is 0. The van der Waals surface area contributed by atoms with E-state index in [0.29, 0.717) is 29.6 Å². The van der Waals surface area contributed by atoms with Crippen LogP contribution in [0.5, 0.6) is 0 Å². The minimum absolute atomic E-state index is 0.0960. The number of amides is 1. The van der Waals surface area contributed by atoms with Crippen LogP contribution in [-0.2, 0) is 6.18 Å². The highest BCUT2D eigenvalue weighted by Crippen LogP contribution is 2.29. The van der Waals surface area contributed by atoms with E-state index >= 15 is 0 Å². The molecule has 3 aromatic rings. The molecular weight excluding hydrogens is 501 g/mol. The van der Waals surface area contributed by atoms with Crippen LogP contribution < -0.4 is 21.3 Å². The van der Waals surface area contributed by atoms with E-state index in [1.54, 1.807) is 18.3 Å². The van der Waals surface area contributed by atoms with Crippen molar-refractivity contribution in [2.24, 2.45) is 5.73 Å². The number of nitrogens with two attached hydrogens (primary N) is 1. The molecule has 38 heavy (non-hydrogen) atoms. The molecular formula is C25H29F3N8O2. The molecule has 0 spiro atoms. The average Bonchev–Trinajstić information content (AvgIpc) is 3.38. The van der Waals surface area contributed by atoms with Crippen LogP contribution in [0.4, 0.5) is 24.9 Å². The molecule has 0 radical (unpaired) electrons. The van der Waals surface area contributed by atoms with Gasteiger partial charge in [-0.25, -0.2) is 15.0 Å². The number of primary amides is 1. The Kier molecular flexibility index (Phi) is 7.45. The third kappa shape index (κ3) is 6.04. The number of hydrogen-bond acceptors (Lipinski definition) is 9. The Labute approximate surface area is 217 Å². The third-order valence-corrected chi connectivity index (χ3v) is 7.01. The molecule has 4 N–H and O–H groups in total. The summed E-state index contributed by atoms with van der Waals surface area (Å²) in [5.74, 6) is -1.25. The zero-order chi connectivity index (χ0) is 26.7. The standard InChI is InChI=1S/C25H29F3N8O2/c26-25(27,28)23-31-11-17(12-32-23)36-9-3-4-16(14-36)34-18-5-1-2-6-19(18)35-24-33-13-21(38-24)15-7-8-30-20(10-15)22(29)37/h7-8,10-13,16,18-19,34H,1-6,9,14H2,(H2,29,37)(H,33,35)/t16-,18+,19+/m0/s1. The molecule has 4 heterocycles. The van der Waals surface area contributed by atoms with Crippen molar-refractivity contribution in [2.45, 2.75) is 62.8 Å². The number of nitrogens with one attached hydrogen (secondary N) is 2. The summed E-state index contributed by atoms with van der Waals surface area (Å²) in [7, 11) is 0. The zero-order valence-corrected chi connectivity index (χ0v) is 20.6. The van der Waals surface area contributed by atoms with Crippen molar-refractivity contribution in [1.82, 2.24) is 25.3 Å². The third-order valence-electron chi connectivity index (χ3n) is 7.01. The Morgan fingerprint density at radius 1 is 1.03 bits per heavy atom. The summed E-state index contributed by atoms with van der Waals surface area (Å²) in [6, 6.07) is 4.12. The number of pyridine rings is 1. The number of halogens is 3. The van der Waals surface area contributed by atoms with Crippen LogP contribution >= 0.6 is 0 Å². The van der Waals surface area contributed by atoms with Crippen LogP contribution in [-0.4, -0.2) is 57.1 Å². The largest absolute Gasteiger partial charge is 0.451 e. The van der Waals surface area contributed by atoms with E-state index in [2.05, 4.69) is 30.6 Å². The number of carbonyl (C=O) groups excluding carboxylic acids is 1. The van der Waals surface area contributed by atoms with Gasteiger partial charge in [0.05, 0.1) is 24.3 Å². The number of carbonyl (C=O) groups is 1. The number of nitrogens with zero attached hydrogens (tertiary/aromatic N) is 5. The van der Waals surface area contributed by atoms with E-state index in [9.17, 15) is 18.0 Å². The highest BCUT2D eigenvalue weighted by atomic mass is 19.4. The number of oxazole rings is 1. The molecule has 0 bridgehead atoms. The first kappa shape index (κ1) is 25.9. The van der Waals surface area contributed by atoms with Crippen molar-refractivity contribution >= 4 is 17.6 Å². The van der Waals surface area contributed by atoms with Gasteiger partial charge in [-0.15, -0.1) is 0 Å². The summed E-state index contributed by atoms with van der Waals surface area (Å²) in [5, 5.41) is 7.19. The lowest BCUT2D eigenvalue weighted by molar-refractivity contribution is -0.145. The first-order chi connectivity index (χ1) is 18.3. The van der Waals surface area contributed by atoms with Crippen LogP contribution in [0.3, 0.4) is 0 Å². The number of piperidine rings is 1. The fraction of sp³-hybridized carbons (Fsp3) is 0.480. The van der Waals surface area contributed by atoms with E-state index in [-0.39, 0.29) is 23.8 Å². The van der Waals surface area contributed by atoms with Gasteiger partial charge in [0.25, 0.3) is 11.9 Å². The van der Waals surface area contributed by atoms with Gasteiger partial charge in [0.2, 0.25) is 5.82 Å². The number of anilines is 2. The number of rotatable bonds is 7. The van der Waals surface area contributed by atoms with Gasteiger partial charge in [-0.1, -0.05) is 12.8 Å². The molecule has 5 rings (SSSR count). The maximum Gasteiger partial charge on any atom is 0.451 e. The molecule has 3 atom stereocenters. The van der Waals surface area contributed by atoms with Crippen molar-refractivity contribution in [3.63, 3.8) is 0 Å². The minimum Gasteiger partial charge on any atom is -0.424 e. The normalized spacial score (nSPS) is 22.3. The van der Waals surface area contributed by atoms with Gasteiger partial charge in [0, 0.05) is 43.0 Å². The maximum absolute atomic E-state index is 12.8. The number of aromatic nitrogens is 4. The van der Waals surface area contributed by atoms with Gasteiger partial charge in [-0.05, 0) is 37.8 Å². The second-order valence-electron chi connectivity index (χ2n) is 9.68. The first-order valence-corrected chi connectivity index (χ1v) is 12.6. The Morgan fingerprint density at radius 3 is 2.53 bits per heavy atom. The van der Waals surface area contributed by atoms with Gasteiger partial charge in [0.1, 0.15) is 5.69 Å². The van der Waals surface area contributed by atoms with E-state index in [0.717, 1.165) is 45.1 Å². The quantitative estimate of drug-likeness (QED) is 0.418. The van der Waals surface area contributed by atoms with Crippen LogP contribution in [0.25, 0.3) is 11.3 Å². The molecule has 2 fully saturated rings. The van der Waals surface area contributed by atoms with Gasteiger partial charge >= 0.3 is 6.18 Å². The molecule has 13 heteroatoms. The fourth-order valence-electron chi connectivity index (χ4n) is 5.14. The predicted octanol–water partition coefficient (Wildman–Crippen LogP) is 3.63. The summed E-state index contributed by atoms with van der Waals surface area (Å²) in [6.45, 7) is 1.40. The lowest BCUT2D eigenvalue weighted by Gasteiger charge is -2.40. The van der Waals surface area contributed by atoms with Gasteiger partial charge in [0.15, 0.2) is 5.76 Å². The SMILES string of the molecule is NC(=O)c1cc(-c2cnc(N[C@@H]3CCCC[C@H]3N[C@H]3CCCN(c4cnc(C(F)(F)F)nc4)C3)o2)ccn1. The van der Waals surface area contributed by atoms with E-state index in [1.807, 2.05) is 4.90 Å². The molecule has 1 saturated heterocycles. The minimum atomic E-state index is -4.55. The second kappa shape index (κ2) is 10.9. The van der Waals surface area contributed by atoms with Crippen LogP contribution in [0, 0.1) is 0 Å². The molecule has 1 aliphatic heterocycles. The summed E-state index contributed by atoms with van der Waals surface area (Å²) in [4.78, 5) is 28.8. The van der Waals surface area contributed by atoms with E-state index in [4.69, 9.17) is 10.2 Å². The molecule has 1 aliphatic carbocycles. The van der Waals surface area contributed by atoms with Gasteiger partial charge in [-0.2, -0.15) is 13.2 Å². The fourth-order valence-corrected chi connectivity index (χ4v) is 5.14. The summed E-state index contributed by atoms with van der Waals surface area (Å²) in [5.41, 5.74) is 6.72. The van der Waals surface area contributed by atoms with E-state index < -0.39 is 17.9 Å². The predicted molar refractivity (Wildman–Crippen MR) is 133 cm³/mol. The highest BCUT2D eigenvalue weighted by molar-refractivity contribution is 5.91. The molecule has 1 amide bonds.